The molecule has 0 bridgehead atoms. The molecule has 0 saturated carbocycles. The maximum atomic E-state index is 13.4. The van der Waals surface area contributed by atoms with E-state index in [9.17, 15) is 9.90 Å². The molecule has 1 aromatic heterocycles. The maximum absolute atomic E-state index is 13.4. The predicted octanol–water partition coefficient (Wildman–Crippen LogP) is 4.97. The second-order valence-electron chi connectivity index (χ2n) is 9.94. The Kier molecular flexibility index (Phi) is 10.1. The van der Waals surface area contributed by atoms with Crippen molar-refractivity contribution in [3.05, 3.63) is 88.2 Å². The molecule has 1 unspecified atom stereocenters. The van der Waals surface area contributed by atoms with Crippen molar-refractivity contribution in [1.82, 2.24) is 9.88 Å². The average Bonchev–Trinajstić information content (AvgIpc) is 2.98. The number of amides is 1. The Hall–Kier alpha value is -2.81. The Bertz CT molecular complexity index is 1250. The zero-order valence-electron chi connectivity index (χ0n) is 22.7. The van der Waals surface area contributed by atoms with Crippen LogP contribution in [0.2, 0.25) is 5.02 Å². The highest BCUT2D eigenvalue weighted by atomic mass is 35.5. The van der Waals surface area contributed by atoms with E-state index in [2.05, 4.69) is 24.0 Å². The Morgan fingerprint density at radius 3 is 2.77 bits per heavy atom. The highest BCUT2D eigenvalue weighted by molar-refractivity contribution is 6.33. The van der Waals surface area contributed by atoms with Crippen molar-refractivity contribution in [2.24, 2.45) is 5.73 Å². The molecule has 2 heterocycles. The summed E-state index contributed by atoms with van der Waals surface area (Å²) in [6.07, 6.45) is 3.72. The van der Waals surface area contributed by atoms with Crippen molar-refractivity contribution in [3.8, 4) is 11.1 Å². The maximum Gasteiger partial charge on any atom is 0.255 e. The monoisotopic (exact) mass is 551 g/mol. The number of hydrogen-bond acceptors (Lipinski definition) is 6. The lowest BCUT2D eigenvalue weighted by Gasteiger charge is -2.43. The first-order valence-electron chi connectivity index (χ1n) is 13.6. The second kappa shape index (κ2) is 13.5. The van der Waals surface area contributed by atoms with Crippen LogP contribution >= 0.6 is 11.6 Å². The minimum absolute atomic E-state index is 0.150. The van der Waals surface area contributed by atoms with E-state index in [0.717, 1.165) is 29.7 Å². The summed E-state index contributed by atoms with van der Waals surface area (Å²) in [4.78, 5) is 19.4. The van der Waals surface area contributed by atoms with Crippen LogP contribution < -0.4 is 5.73 Å². The molecule has 7 nitrogen and oxygen atoms in total. The van der Waals surface area contributed by atoms with Crippen molar-refractivity contribution in [3.63, 3.8) is 0 Å². The Morgan fingerprint density at radius 1 is 1.23 bits per heavy atom. The number of unbranched alkanes of at least 4 members (excludes halogenated alkanes) is 1. The van der Waals surface area contributed by atoms with Gasteiger partial charge in [-0.15, -0.1) is 0 Å². The second-order valence-corrected chi connectivity index (χ2v) is 10.4. The van der Waals surface area contributed by atoms with Gasteiger partial charge in [-0.1, -0.05) is 54.9 Å². The summed E-state index contributed by atoms with van der Waals surface area (Å²) in [7, 11) is 1.67. The van der Waals surface area contributed by atoms with Crippen LogP contribution in [0.4, 0.5) is 0 Å². The highest BCUT2D eigenvalue weighted by Crippen LogP contribution is 2.43. The minimum Gasteiger partial charge on any atom is -0.385 e. The number of aliphatic hydroxyl groups is 1. The molecular formula is C31H38ClN3O4. The third kappa shape index (κ3) is 6.68. The van der Waals surface area contributed by atoms with Gasteiger partial charge in [0.1, 0.15) is 11.7 Å². The Labute approximate surface area is 235 Å². The number of carbonyl (C=O) groups excluding carboxylic acids is 1. The fourth-order valence-corrected chi connectivity index (χ4v) is 5.50. The normalized spacial score (nSPS) is 17.2. The summed E-state index contributed by atoms with van der Waals surface area (Å²) in [5, 5.41) is 13.1. The highest BCUT2D eigenvalue weighted by Gasteiger charge is 2.44. The number of nitrogens with two attached hydrogens (primary N) is 1. The lowest BCUT2D eigenvalue weighted by atomic mass is 9.78. The fourth-order valence-electron chi connectivity index (χ4n) is 5.21. The molecule has 1 aliphatic heterocycles. The first-order chi connectivity index (χ1) is 18.9. The van der Waals surface area contributed by atoms with Gasteiger partial charge in [0.25, 0.3) is 5.91 Å². The molecule has 3 aromatic rings. The van der Waals surface area contributed by atoms with E-state index in [1.807, 2.05) is 30.3 Å². The summed E-state index contributed by atoms with van der Waals surface area (Å²) >= 11 is 6.82. The smallest absolute Gasteiger partial charge is 0.255 e. The molecule has 8 heteroatoms. The van der Waals surface area contributed by atoms with Crippen LogP contribution in [0.15, 0.2) is 60.8 Å². The van der Waals surface area contributed by atoms with Crippen molar-refractivity contribution in [2.75, 3.05) is 33.4 Å². The van der Waals surface area contributed by atoms with E-state index in [1.165, 1.54) is 5.56 Å². The summed E-state index contributed by atoms with van der Waals surface area (Å²) in [6, 6.07) is 17.4. The molecule has 1 amide bonds. The van der Waals surface area contributed by atoms with Gasteiger partial charge in [0.2, 0.25) is 0 Å². The van der Waals surface area contributed by atoms with Gasteiger partial charge < -0.3 is 25.2 Å². The topological polar surface area (TPSA) is 97.9 Å². The van der Waals surface area contributed by atoms with Gasteiger partial charge in [0.05, 0.1) is 24.4 Å². The van der Waals surface area contributed by atoms with E-state index < -0.39 is 11.7 Å². The Balaban J connectivity index is 1.71. The van der Waals surface area contributed by atoms with Crippen LogP contribution in [0, 0.1) is 0 Å². The van der Waals surface area contributed by atoms with Gasteiger partial charge in [-0.3, -0.25) is 9.78 Å². The van der Waals surface area contributed by atoms with Gasteiger partial charge in [0.15, 0.2) is 0 Å². The van der Waals surface area contributed by atoms with E-state index in [0.29, 0.717) is 55.3 Å². The fraction of sp³-hybridized carbons (Fsp3) is 0.419. The first-order valence-corrected chi connectivity index (χ1v) is 13.9. The van der Waals surface area contributed by atoms with Gasteiger partial charge in [0, 0.05) is 43.6 Å². The van der Waals surface area contributed by atoms with Crippen LogP contribution in [0.25, 0.3) is 11.1 Å². The third-order valence-corrected chi connectivity index (χ3v) is 7.74. The molecule has 3 N–H and O–H groups in total. The molecule has 2 aromatic carbocycles. The van der Waals surface area contributed by atoms with E-state index >= 15 is 0 Å². The number of pyridine rings is 1. The first kappa shape index (κ1) is 29.2. The molecule has 208 valence electrons. The number of aryl methyl sites for hydroxylation is 1. The number of methoxy groups -OCH3 is 1. The van der Waals surface area contributed by atoms with E-state index in [4.69, 9.17) is 26.8 Å². The number of benzene rings is 2. The number of rotatable bonds is 11. The molecule has 0 aliphatic carbocycles. The molecule has 0 radical (unpaired) electrons. The zero-order valence-corrected chi connectivity index (χ0v) is 23.5. The predicted molar refractivity (Wildman–Crippen MR) is 154 cm³/mol. The van der Waals surface area contributed by atoms with Crippen LogP contribution in [-0.2, 0) is 28.0 Å². The number of carbonyl (C=O) groups is 1. The van der Waals surface area contributed by atoms with E-state index in [-0.39, 0.29) is 12.5 Å². The van der Waals surface area contributed by atoms with Gasteiger partial charge in [-0.25, -0.2) is 0 Å². The number of morpholine rings is 1. The van der Waals surface area contributed by atoms with Gasteiger partial charge in [-0.05, 0) is 60.6 Å². The standard InChI is InChI=1S/C31H38ClN3O4/c1-3-22-8-6-9-23(18-22)29-26(10-7-11-27(29)32)31(37,14-4-5-16-38-2)28-21-35(15-17-39-28)30(36)24-12-13-25(19-33)34-20-24/h6-13,18,20,28,37H,3-5,14-17,19,21,33H2,1-2H3/t28?,31-/m1/s1. The van der Waals surface area contributed by atoms with Crippen molar-refractivity contribution in [2.45, 2.75) is 50.9 Å². The molecule has 1 fully saturated rings. The lowest BCUT2D eigenvalue weighted by Crippen LogP contribution is -2.54. The molecular weight excluding hydrogens is 514 g/mol. The largest absolute Gasteiger partial charge is 0.385 e. The summed E-state index contributed by atoms with van der Waals surface area (Å²) in [5.41, 5.74) is 9.09. The number of aromatic nitrogens is 1. The van der Waals surface area contributed by atoms with Crippen LogP contribution in [0.1, 0.15) is 53.4 Å². The summed E-state index contributed by atoms with van der Waals surface area (Å²) in [5.74, 6) is -0.150. The lowest BCUT2D eigenvalue weighted by molar-refractivity contribution is -0.146. The quantitative estimate of drug-likeness (QED) is 0.327. The van der Waals surface area contributed by atoms with Crippen molar-refractivity contribution < 1.29 is 19.4 Å². The van der Waals surface area contributed by atoms with Crippen molar-refractivity contribution in [1.29, 1.82) is 0 Å². The number of ether oxygens (including phenoxy) is 2. The summed E-state index contributed by atoms with van der Waals surface area (Å²) < 4.78 is 11.5. The Morgan fingerprint density at radius 2 is 2.05 bits per heavy atom. The minimum atomic E-state index is -1.39. The SMILES string of the molecule is CCc1cccc(-c2c(Cl)cccc2[C@](O)(CCCCOC)C2CN(C(=O)c3ccc(CN)nc3)CCO2)c1. The van der Waals surface area contributed by atoms with Crippen LogP contribution in [-0.4, -0.2) is 60.4 Å². The van der Waals surface area contributed by atoms with Crippen molar-refractivity contribution >= 4 is 17.5 Å². The number of halogens is 1. The third-order valence-electron chi connectivity index (χ3n) is 7.43. The molecule has 4 rings (SSSR count). The van der Waals surface area contributed by atoms with E-state index in [1.54, 1.807) is 30.3 Å². The summed E-state index contributed by atoms with van der Waals surface area (Å²) in [6.45, 7) is 3.99. The zero-order chi connectivity index (χ0) is 27.8. The van der Waals surface area contributed by atoms with Crippen LogP contribution in [0.5, 0.6) is 0 Å². The average molecular weight is 552 g/mol. The van der Waals surface area contributed by atoms with Gasteiger partial charge in [-0.2, -0.15) is 0 Å². The number of hydrogen-bond donors (Lipinski definition) is 2. The molecule has 1 saturated heterocycles. The number of nitrogens with zero attached hydrogens (tertiary/aromatic N) is 2. The van der Waals surface area contributed by atoms with Crippen LogP contribution in [0.3, 0.4) is 0 Å². The molecule has 39 heavy (non-hydrogen) atoms. The molecule has 1 aliphatic rings. The molecule has 2 atom stereocenters. The molecule has 0 spiro atoms. The van der Waals surface area contributed by atoms with Gasteiger partial charge >= 0.3 is 0 Å².